The fraction of sp³-hybridized carbons (Fsp3) is 0.320. The summed E-state index contributed by atoms with van der Waals surface area (Å²) in [5.74, 6) is -0.111. The molecule has 0 saturated heterocycles. The number of hydrogen-bond acceptors (Lipinski definition) is 6. The van der Waals surface area contributed by atoms with E-state index in [-0.39, 0.29) is 12.5 Å². The van der Waals surface area contributed by atoms with Crippen LogP contribution >= 0.6 is 0 Å². The van der Waals surface area contributed by atoms with Crippen molar-refractivity contribution in [3.8, 4) is 0 Å². The molecule has 1 aromatic heterocycles. The molecule has 8 nitrogen and oxygen atoms in total. The maximum atomic E-state index is 12.3. The number of benzene rings is 2. The van der Waals surface area contributed by atoms with Crippen LogP contribution in [0.4, 0.5) is 10.5 Å². The monoisotopic (exact) mass is 449 g/mol. The maximum absolute atomic E-state index is 12.3. The molecule has 4 rings (SSSR count). The number of ether oxygens (including phenoxy) is 1. The third-order valence-electron chi connectivity index (χ3n) is 5.62. The van der Waals surface area contributed by atoms with Crippen LogP contribution in [0, 0.1) is 0 Å². The molecule has 0 bridgehead atoms. The highest BCUT2D eigenvalue weighted by Gasteiger charge is 2.29. The summed E-state index contributed by atoms with van der Waals surface area (Å²) < 4.78 is 10.3. The van der Waals surface area contributed by atoms with E-state index in [1.165, 1.54) is 6.07 Å². The Balaban J connectivity index is 1.56. The summed E-state index contributed by atoms with van der Waals surface area (Å²) in [4.78, 5) is 38.1. The first-order valence-corrected chi connectivity index (χ1v) is 11.0. The summed E-state index contributed by atoms with van der Waals surface area (Å²) in [6.45, 7) is 3.30. The first-order chi connectivity index (χ1) is 16.0. The number of rotatable bonds is 8. The molecule has 0 unspecified atom stereocenters. The van der Waals surface area contributed by atoms with Crippen molar-refractivity contribution in [2.75, 3.05) is 19.0 Å². The van der Waals surface area contributed by atoms with Crippen molar-refractivity contribution in [1.29, 1.82) is 0 Å². The van der Waals surface area contributed by atoms with E-state index in [1.807, 2.05) is 30.3 Å². The number of carbonyl (C=O) groups is 2. The Labute approximate surface area is 191 Å². The van der Waals surface area contributed by atoms with Crippen molar-refractivity contribution < 1.29 is 18.7 Å². The summed E-state index contributed by atoms with van der Waals surface area (Å²) in [5, 5.41) is 6.08. The minimum absolute atomic E-state index is 0.111. The molecule has 1 saturated carbocycles. The Kier molecular flexibility index (Phi) is 6.74. The van der Waals surface area contributed by atoms with Gasteiger partial charge in [0.25, 0.3) is 5.91 Å². The zero-order valence-electron chi connectivity index (χ0n) is 18.7. The number of fused-ring (bicyclic) bond motifs is 1. The molecule has 2 amide bonds. The van der Waals surface area contributed by atoms with Crippen molar-refractivity contribution in [2.24, 2.45) is 0 Å². The first-order valence-electron chi connectivity index (χ1n) is 11.0. The number of hydrogen-bond donors (Lipinski definition) is 2. The topological polar surface area (TPSA) is 101 Å². The Morgan fingerprint density at radius 2 is 1.85 bits per heavy atom. The smallest absolute Gasteiger partial charge is 0.411 e. The van der Waals surface area contributed by atoms with E-state index in [1.54, 1.807) is 26.1 Å². The molecule has 2 aromatic carbocycles. The lowest BCUT2D eigenvalue weighted by Crippen LogP contribution is -2.26. The largest absolute Gasteiger partial charge is 0.450 e. The van der Waals surface area contributed by atoms with Crippen LogP contribution in [0.2, 0.25) is 0 Å². The normalized spacial score (nSPS) is 13.2. The van der Waals surface area contributed by atoms with E-state index >= 15 is 0 Å². The van der Waals surface area contributed by atoms with Crippen molar-refractivity contribution in [3.63, 3.8) is 0 Å². The van der Waals surface area contributed by atoms with E-state index in [0.29, 0.717) is 36.0 Å². The molecule has 0 atom stereocenters. The molecule has 0 radical (unpaired) electrons. The standard InChI is InChI=1S/C25H27N3O5/c1-3-32-25(31)27-19-8-11-21-18(12-23(29)33-22(21)13-19)15-28(20-9-10-20)14-16-4-6-17(7-5-16)24(30)26-2/h4-8,11-13,20H,3,9-10,14-15H2,1-2H3,(H,26,30)(H,27,31). The molecule has 8 heteroatoms. The van der Waals surface area contributed by atoms with Gasteiger partial charge in [-0.15, -0.1) is 0 Å². The molecule has 3 aromatic rings. The second-order valence-corrected chi connectivity index (χ2v) is 8.06. The SMILES string of the molecule is CCOC(=O)Nc1ccc2c(CN(Cc3ccc(C(=O)NC)cc3)C3CC3)cc(=O)oc2c1. The van der Waals surface area contributed by atoms with Gasteiger partial charge in [0.2, 0.25) is 0 Å². The van der Waals surface area contributed by atoms with Gasteiger partial charge >= 0.3 is 11.7 Å². The molecule has 172 valence electrons. The molecular formula is C25H27N3O5. The summed E-state index contributed by atoms with van der Waals surface area (Å²) in [5.41, 5.74) is 3.07. The summed E-state index contributed by atoms with van der Waals surface area (Å²) in [7, 11) is 1.61. The van der Waals surface area contributed by atoms with Crippen molar-refractivity contribution in [1.82, 2.24) is 10.2 Å². The van der Waals surface area contributed by atoms with Crippen molar-refractivity contribution in [2.45, 2.75) is 38.9 Å². The maximum Gasteiger partial charge on any atom is 0.411 e. The average molecular weight is 450 g/mol. The van der Waals surface area contributed by atoms with Crippen LogP contribution < -0.4 is 16.3 Å². The van der Waals surface area contributed by atoms with E-state index < -0.39 is 11.7 Å². The molecule has 1 aliphatic rings. The molecule has 33 heavy (non-hydrogen) atoms. The molecule has 1 heterocycles. The lowest BCUT2D eigenvalue weighted by atomic mass is 10.1. The van der Waals surface area contributed by atoms with Gasteiger partial charge in [-0.1, -0.05) is 12.1 Å². The number of nitrogens with zero attached hydrogens (tertiary/aromatic N) is 1. The zero-order valence-corrected chi connectivity index (χ0v) is 18.7. The Morgan fingerprint density at radius 3 is 2.52 bits per heavy atom. The third-order valence-corrected chi connectivity index (χ3v) is 5.62. The molecule has 0 aliphatic heterocycles. The summed E-state index contributed by atoms with van der Waals surface area (Å²) in [6, 6.07) is 14.8. The van der Waals surface area contributed by atoms with Crippen molar-refractivity contribution >= 4 is 28.7 Å². The average Bonchev–Trinajstić information content (AvgIpc) is 3.64. The molecular weight excluding hydrogens is 422 g/mol. The third kappa shape index (κ3) is 5.59. The Bertz CT molecular complexity index is 1210. The van der Waals surface area contributed by atoms with E-state index in [0.717, 1.165) is 29.4 Å². The van der Waals surface area contributed by atoms with E-state index in [4.69, 9.17) is 9.15 Å². The fourth-order valence-corrected chi connectivity index (χ4v) is 3.84. The van der Waals surface area contributed by atoms with Gasteiger partial charge in [-0.2, -0.15) is 0 Å². The number of carbonyl (C=O) groups excluding carboxylic acids is 2. The molecule has 0 spiro atoms. The van der Waals surface area contributed by atoms with Crippen LogP contribution in [0.15, 0.2) is 57.7 Å². The summed E-state index contributed by atoms with van der Waals surface area (Å²) >= 11 is 0. The van der Waals surface area contributed by atoms with Gasteiger partial charge in [0.1, 0.15) is 5.58 Å². The van der Waals surface area contributed by atoms with Crippen molar-refractivity contribution in [3.05, 3.63) is 75.6 Å². The van der Waals surface area contributed by atoms with Crippen LogP contribution in [0.25, 0.3) is 11.0 Å². The zero-order chi connectivity index (χ0) is 23.4. The second-order valence-electron chi connectivity index (χ2n) is 8.06. The van der Waals surface area contributed by atoms with Crippen LogP contribution in [0.5, 0.6) is 0 Å². The van der Waals surface area contributed by atoms with Gasteiger partial charge in [-0.25, -0.2) is 9.59 Å². The highest BCUT2D eigenvalue weighted by Crippen LogP contribution is 2.31. The van der Waals surface area contributed by atoms with Gasteiger partial charge in [-0.3, -0.25) is 15.0 Å². The van der Waals surface area contributed by atoms with Gasteiger partial charge in [0.05, 0.1) is 6.61 Å². The lowest BCUT2D eigenvalue weighted by Gasteiger charge is -2.23. The van der Waals surface area contributed by atoms with Crippen LogP contribution in [-0.2, 0) is 17.8 Å². The second kappa shape index (κ2) is 9.87. The van der Waals surface area contributed by atoms with Gasteiger partial charge in [-0.05, 0) is 55.2 Å². The predicted molar refractivity (Wildman–Crippen MR) is 125 cm³/mol. The molecule has 1 fully saturated rings. The molecule has 2 N–H and O–H groups in total. The minimum atomic E-state index is -0.558. The highest BCUT2D eigenvalue weighted by atomic mass is 16.5. The molecule has 1 aliphatic carbocycles. The number of nitrogens with one attached hydrogen (secondary N) is 2. The fourth-order valence-electron chi connectivity index (χ4n) is 3.84. The van der Waals surface area contributed by atoms with E-state index in [9.17, 15) is 14.4 Å². The highest BCUT2D eigenvalue weighted by molar-refractivity contribution is 5.94. The van der Waals surface area contributed by atoms with Gasteiger partial charge in [0, 0.05) is 54.9 Å². The van der Waals surface area contributed by atoms with Crippen LogP contribution in [-0.4, -0.2) is 36.6 Å². The Hall–Kier alpha value is -3.65. The van der Waals surface area contributed by atoms with E-state index in [2.05, 4.69) is 15.5 Å². The van der Waals surface area contributed by atoms with Crippen LogP contribution in [0.1, 0.15) is 41.3 Å². The summed E-state index contributed by atoms with van der Waals surface area (Å²) in [6.07, 6.45) is 1.67. The quantitative estimate of drug-likeness (QED) is 0.506. The van der Waals surface area contributed by atoms with Gasteiger partial charge in [0.15, 0.2) is 0 Å². The number of amides is 2. The lowest BCUT2D eigenvalue weighted by molar-refractivity contribution is 0.0963. The predicted octanol–water partition coefficient (Wildman–Crippen LogP) is 3.89. The minimum Gasteiger partial charge on any atom is -0.450 e. The Morgan fingerprint density at radius 1 is 1.09 bits per heavy atom. The first kappa shape index (κ1) is 22.5. The van der Waals surface area contributed by atoms with Gasteiger partial charge < -0.3 is 14.5 Å². The van der Waals surface area contributed by atoms with Crippen LogP contribution in [0.3, 0.4) is 0 Å². The number of anilines is 1.